The molecular formula is C25H31FN4O2. The van der Waals surface area contributed by atoms with Crippen molar-refractivity contribution in [1.82, 2.24) is 20.2 Å². The molecule has 1 aliphatic heterocycles. The van der Waals surface area contributed by atoms with E-state index in [4.69, 9.17) is 9.97 Å². The van der Waals surface area contributed by atoms with Crippen LogP contribution < -0.4 is 5.32 Å². The molecule has 1 aromatic carbocycles. The van der Waals surface area contributed by atoms with Gasteiger partial charge in [0, 0.05) is 47.6 Å². The average molecular weight is 439 g/mol. The molecule has 2 aliphatic rings. The normalized spacial score (nSPS) is 19.2. The fourth-order valence-corrected chi connectivity index (χ4v) is 4.85. The molecule has 6 nitrogen and oxygen atoms in total. The van der Waals surface area contributed by atoms with Crippen LogP contribution in [0, 0.1) is 19.7 Å². The Kier molecular flexibility index (Phi) is 6.82. The average Bonchev–Trinajstić information content (AvgIpc) is 3.26. The summed E-state index contributed by atoms with van der Waals surface area (Å²) in [5.41, 5.74) is 2.88. The van der Waals surface area contributed by atoms with Gasteiger partial charge in [-0.1, -0.05) is 25.3 Å². The second-order valence-corrected chi connectivity index (χ2v) is 9.06. The number of hydrogen-bond donors (Lipinski definition) is 1. The molecule has 1 aliphatic carbocycles. The molecule has 2 amide bonds. The van der Waals surface area contributed by atoms with E-state index in [0.717, 1.165) is 36.2 Å². The van der Waals surface area contributed by atoms with E-state index < -0.39 is 5.82 Å². The molecule has 0 unspecified atom stereocenters. The summed E-state index contributed by atoms with van der Waals surface area (Å²) in [6, 6.07) is 6.08. The molecule has 2 heterocycles. The molecular weight excluding hydrogens is 407 g/mol. The Morgan fingerprint density at radius 2 is 1.81 bits per heavy atom. The highest BCUT2D eigenvalue weighted by molar-refractivity contribution is 5.94. The van der Waals surface area contributed by atoms with Crippen molar-refractivity contribution in [3.63, 3.8) is 0 Å². The minimum atomic E-state index is -0.413. The molecule has 1 N–H and O–H groups in total. The third-order valence-corrected chi connectivity index (χ3v) is 6.66. The lowest BCUT2D eigenvalue weighted by atomic mass is 9.95. The van der Waals surface area contributed by atoms with Crippen LogP contribution in [-0.4, -0.2) is 45.8 Å². The fourth-order valence-electron chi connectivity index (χ4n) is 4.85. The lowest BCUT2D eigenvalue weighted by molar-refractivity contribution is -0.121. The van der Waals surface area contributed by atoms with Crippen LogP contribution in [0.3, 0.4) is 0 Å². The quantitative estimate of drug-likeness (QED) is 0.769. The summed E-state index contributed by atoms with van der Waals surface area (Å²) in [6.45, 7) is 4.95. The van der Waals surface area contributed by atoms with Crippen LogP contribution in [0.4, 0.5) is 4.39 Å². The molecule has 4 rings (SSSR count). The van der Waals surface area contributed by atoms with Crippen LogP contribution in [0.2, 0.25) is 0 Å². The van der Waals surface area contributed by atoms with E-state index in [1.165, 1.54) is 31.4 Å². The Hall–Kier alpha value is -2.83. The van der Waals surface area contributed by atoms with Crippen molar-refractivity contribution >= 4 is 11.8 Å². The van der Waals surface area contributed by atoms with Gasteiger partial charge in [0.1, 0.15) is 11.6 Å². The minimum absolute atomic E-state index is 0.0344. The van der Waals surface area contributed by atoms with E-state index in [-0.39, 0.29) is 23.8 Å². The first-order valence-corrected chi connectivity index (χ1v) is 11.6. The number of hydrogen-bond acceptors (Lipinski definition) is 4. The molecule has 0 bridgehead atoms. The predicted octanol–water partition coefficient (Wildman–Crippen LogP) is 3.85. The van der Waals surface area contributed by atoms with Crippen molar-refractivity contribution in [3.8, 4) is 0 Å². The summed E-state index contributed by atoms with van der Waals surface area (Å²) in [5, 5.41) is 3.16. The molecule has 1 saturated heterocycles. The first-order chi connectivity index (χ1) is 15.4. The Morgan fingerprint density at radius 3 is 2.50 bits per heavy atom. The number of likely N-dealkylation sites (tertiary alicyclic amines) is 1. The number of rotatable bonds is 5. The summed E-state index contributed by atoms with van der Waals surface area (Å²) in [6.07, 6.45) is 6.80. The Labute approximate surface area is 188 Å². The van der Waals surface area contributed by atoms with Crippen molar-refractivity contribution in [1.29, 1.82) is 0 Å². The maximum absolute atomic E-state index is 13.5. The van der Waals surface area contributed by atoms with Gasteiger partial charge in [-0.15, -0.1) is 0 Å². The minimum Gasteiger partial charge on any atom is -0.353 e. The molecule has 7 heteroatoms. The van der Waals surface area contributed by atoms with Crippen molar-refractivity contribution in [3.05, 3.63) is 58.4 Å². The summed E-state index contributed by atoms with van der Waals surface area (Å²) in [4.78, 5) is 36.4. The van der Waals surface area contributed by atoms with Crippen LogP contribution in [0.25, 0.3) is 0 Å². The number of carbonyl (C=O) groups is 2. The molecule has 1 aromatic heterocycles. The Balaban J connectivity index is 1.40. The second kappa shape index (κ2) is 9.76. The number of aryl methyl sites for hydroxylation is 2. The van der Waals surface area contributed by atoms with Gasteiger partial charge < -0.3 is 10.2 Å². The van der Waals surface area contributed by atoms with Gasteiger partial charge in [0.2, 0.25) is 5.91 Å². The number of halogens is 1. The van der Waals surface area contributed by atoms with E-state index in [1.54, 1.807) is 17.0 Å². The van der Waals surface area contributed by atoms with Crippen molar-refractivity contribution in [2.24, 2.45) is 0 Å². The first-order valence-electron chi connectivity index (χ1n) is 11.6. The van der Waals surface area contributed by atoms with Gasteiger partial charge in [-0.05, 0) is 51.3 Å². The molecule has 2 aromatic rings. The van der Waals surface area contributed by atoms with Gasteiger partial charge in [-0.2, -0.15) is 0 Å². The lowest BCUT2D eigenvalue weighted by Crippen LogP contribution is -2.37. The first kappa shape index (κ1) is 22.4. The Bertz CT molecular complexity index is 980. The smallest absolute Gasteiger partial charge is 0.253 e. The SMILES string of the molecule is Cc1nc([C@@H]2CCN(C(=O)c3cccc(F)c3)C2)nc(C)c1CC(=O)NC1CCCCC1. The molecule has 1 atom stereocenters. The largest absolute Gasteiger partial charge is 0.353 e. The molecule has 170 valence electrons. The van der Waals surface area contributed by atoms with E-state index >= 15 is 0 Å². The summed E-state index contributed by atoms with van der Waals surface area (Å²) >= 11 is 0. The fraction of sp³-hybridized carbons (Fsp3) is 0.520. The highest BCUT2D eigenvalue weighted by atomic mass is 19.1. The molecule has 0 spiro atoms. The third-order valence-electron chi connectivity index (χ3n) is 6.66. The maximum Gasteiger partial charge on any atom is 0.253 e. The van der Waals surface area contributed by atoms with Gasteiger partial charge in [-0.25, -0.2) is 14.4 Å². The molecule has 0 radical (unpaired) electrons. The second-order valence-electron chi connectivity index (χ2n) is 9.06. The van der Waals surface area contributed by atoms with Crippen molar-refractivity contribution in [2.75, 3.05) is 13.1 Å². The van der Waals surface area contributed by atoms with Gasteiger partial charge in [-0.3, -0.25) is 9.59 Å². The van der Waals surface area contributed by atoms with Crippen LogP contribution in [0.1, 0.15) is 77.6 Å². The highest BCUT2D eigenvalue weighted by Crippen LogP contribution is 2.27. The van der Waals surface area contributed by atoms with Crippen molar-refractivity contribution < 1.29 is 14.0 Å². The topological polar surface area (TPSA) is 75.2 Å². The molecule has 32 heavy (non-hydrogen) atoms. The Morgan fingerprint density at radius 1 is 1.09 bits per heavy atom. The van der Waals surface area contributed by atoms with E-state index in [0.29, 0.717) is 30.9 Å². The monoisotopic (exact) mass is 438 g/mol. The predicted molar refractivity (Wildman–Crippen MR) is 120 cm³/mol. The lowest BCUT2D eigenvalue weighted by Gasteiger charge is -2.23. The highest BCUT2D eigenvalue weighted by Gasteiger charge is 2.30. The number of nitrogens with zero attached hydrogens (tertiary/aromatic N) is 3. The molecule has 1 saturated carbocycles. The van der Waals surface area contributed by atoms with Gasteiger partial charge in [0.25, 0.3) is 5.91 Å². The van der Waals surface area contributed by atoms with Gasteiger partial charge >= 0.3 is 0 Å². The zero-order valence-corrected chi connectivity index (χ0v) is 18.9. The summed E-state index contributed by atoms with van der Waals surface area (Å²) < 4.78 is 13.5. The van der Waals surface area contributed by atoms with Crippen molar-refractivity contribution in [2.45, 2.75) is 70.8 Å². The zero-order valence-electron chi connectivity index (χ0n) is 18.9. The number of aromatic nitrogens is 2. The number of nitrogens with one attached hydrogen (secondary N) is 1. The van der Waals surface area contributed by atoms with Gasteiger partial charge in [0.05, 0.1) is 6.42 Å². The van der Waals surface area contributed by atoms with E-state index in [9.17, 15) is 14.0 Å². The third kappa shape index (κ3) is 5.14. The summed E-state index contributed by atoms with van der Waals surface area (Å²) in [7, 11) is 0. The molecule has 2 fully saturated rings. The van der Waals surface area contributed by atoms with Crippen LogP contribution >= 0.6 is 0 Å². The number of benzene rings is 1. The summed E-state index contributed by atoms with van der Waals surface area (Å²) in [5.74, 6) is 0.203. The zero-order chi connectivity index (χ0) is 22.7. The van der Waals surface area contributed by atoms with Gasteiger partial charge in [0.15, 0.2) is 0 Å². The van der Waals surface area contributed by atoms with Crippen LogP contribution in [0.15, 0.2) is 24.3 Å². The number of carbonyl (C=O) groups excluding carboxylic acids is 2. The van der Waals surface area contributed by atoms with Crippen LogP contribution in [-0.2, 0) is 11.2 Å². The number of amides is 2. The standard InChI is InChI=1S/C25H31FN4O2/c1-16-22(14-23(31)29-21-9-4-3-5-10-21)17(2)28-24(27-16)19-11-12-30(15-19)25(32)18-7-6-8-20(26)13-18/h6-8,13,19,21H,3-5,9-12,14-15H2,1-2H3,(H,29,31)/t19-/m1/s1. The van der Waals surface area contributed by atoms with E-state index in [2.05, 4.69) is 5.32 Å². The van der Waals surface area contributed by atoms with Crippen LogP contribution in [0.5, 0.6) is 0 Å². The maximum atomic E-state index is 13.5. The van der Waals surface area contributed by atoms with E-state index in [1.807, 2.05) is 13.8 Å².